The Morgan fingerprint density at radius 2 is 1.91 bits per heavy atom. The molecule has 0 N–H and O–H groups in total. The monoisotopic (exact) mass is 502 g/mol. The largest absolute Gasteiger partial charge is 0.464 e. The third-order valence-corrected chi connectivity index (χ3v) is 4.05. The molecule has 0 unspecified atom stereocenters. The standard InChI is InChI=1S/C15H14BrF2IO4/c1-22-14(21)15(17,18)9-12(19)3-2-8-23-13(20)10-4-6-11(16)7-5-10/h4-7,9H,2-3,8H2,1H3. The van der Waals surface area contributed by atoms with Crippen LogP contribution < -0.4 is 0 Å². The minimum atomic E-state index is -3.65. The number of ether oxygens (including phenoxy) is 2. The van der Waals surface area contributed by atoms with Crippen LogP contribution in [0.4, 0.5) is 8.78 Å². The lowest BCUT2D eigenvalue weighted by Gasteiger charge is -2.10. The van der Waals surface area contributed by atoms with E-state index in [1.165, 1.54) is 0 Å². The maximum absolute atomic E-state index is 13.3. The Labute approximate surface area is 154 Å². The molecule has 0 aliphatic carbocycles. The number of allylic oxidation sites excluding steroid dienone is 1. The predicted molar refractivity (Wildman–Crippen MR) is 92.7 cm³/mol. The van der Waals surface area contributed by atoms with Gasteiger partial charge in [-0.25, -0.2) is 9.59 Å². The number of alkyl halides is 2. The topological polar surface area (TPSA) is 52.6 Å². The van der Waals surface area contributed by atoms with Gasteiger partial charge in [-0.15, -0.1) is 0 Å². The quantitative estimate of drug-likeness (QED) is 0.312. The van der Waals surface area contributed by atoms with Crippen molar-refractivity contribution >= 4 is 50.5 Å². The van der Waals surface area contributed by atoms with Crippen LogP contribution in [0.1, 0.15) is 23.2 Å². The molecule has 0 spiro atoms. The highest BCUT2D eigenvalue weighted by molar-refractivity contribution is 14.1. The van der Waals surface area contributed by atoms with E-state index in [1.54, 1.807) is 46.9 Å². The number of esters is 2. The van der Waals surface area contributed by atoms with Gasteiger partial charge in [-0.1, -0.05) is 15.9 Å². The van der Waals surface area contributed by atoms with Gasteiger partial charge in [-0.2, -0.15) is 8.78 Å². The summed E-state index contributed by atoms with van der Waals surface area (Å²) < 4.78 is 36.8. The second kappa shape index (κ2) is 9.31. The molecule has 0 radical (unpaired) electrons. The second-order valence-electron chi connectivity index (χ2n) is 4.45. The molecule has 0 aromatic heterocycles. The highest BCUT2D eigenvalue weighted by Gasteiger charge is 2.37. The molecule has 23 heavy (non-hydrogen) atoms. The van der Waals surface area contributed by atoms with Crippen molar-refractivity contribution in [1.29, 1.82) is 0 Å². The SMILES string of the molecule is COC(=O)C(F)(F)C=C(I)CCCOC(=O)c1ccc(Br)cc1. The Morgan fingerprint density at radius 1 is 1.30 bits per heavy atom. The molecule has 0 saturated carbocycles. The molecule has 0 atom stereocenters. The van der Waals surface area contributed by atoms with Crippen molar-refractivity contribution < 1.29 is 27.8 Å². The fourth-order valence-corrected chi connectivity index (χ4v) is 2.58. The number of benzene rings is 1. The predicted octanol–water partition coefficient (Wildman–Crippen LogP) is 4.51. The number of carbonyl (C=O) groups excluding carboxylic acids is 2. The van der Waals surface area contributed by atoms with E-state index in [1.807, 2.05) is 0 Å². The van der Waals surface area contributed by atoms with Gasteiger partial charge in [0.25, 0.3) is 0 Å². The molecule has 126 valence electrons. The Bertz CT molecular complexity index is 588. The van der Waals surface area contributed by atoms with Crippen molar-refractivity contribution in [3.63, 3.8) is 0 Å². The molecule has 0 heterocycles. The first-order chi connectivity index (χ1) is 10.8. The lowest BCUT2D eigenvalue weighted by Crippen LogP contribution is -2.27. The summed E-state index contributed by atoms with van der Waals surface area (Å²) in [6.45, 7) is 0.0963. The van der Waals surface area contributed by atoms with E-state index in [2.05, 4.69) is 20.7 Å². The Kier molecular flexibility index (Phi) is 8.10. The molecule has 4 nitrogen and oxygen atoms in total. The zero-order chi connectivity index (χ0) is 17.5. The van der Waals surface area contributed by atoms with Crippen LogP contribution in [0.15, 0.2) is 38.4 Å². The second-order valence-corrected chi connectivity index (χ2v) is 6.75. The molecule has 0 amide bonds. The fourth-order valence-electron chi connectivity index (χ4n) is 1.54. The van der Waals surface area contributed by atoms with Gasteiger partial charge in [-0.05, 0) is 63.3 Å². The van der Waals surface area contributed by atoms with Crippen molar-refractivity contribution in [3.05, 3.63) is 44.0 Å². The third-order valence-electron chi connectivity index (χ3n) is 2.67. The van der Waals surface area contributed by atoms with Crippen LogP contribution in [-0.2, 0) is 14.3 Å². The third kappa shape index (κ3) is 6.94. The summed E-state index contributed by atoms with van der Waals surface area (Å²) in [7, 11) is 0.901. The first-order valence-electron chi connectivity index (χ1n) is 6.52. The summed E-state index contributed by atoms with van der Waals surface area (Å²) in [5.41, 5.74) is 0.413. The van der Waals surface area contributed by atoms with Crippen LogP contribution in [0.5, 0.6) is 0 Å². The van der Waals surface area contributed by atoms with Gasteiger partial charge in [0.05, 0.1) is 19.3 Å². The van der Waals surface area contributed by atoms with Crippen LogP contribution in [0, 0.1) is 0 Å². The van der Waals surface area contributed by atoms with Gasteiger partial charge in [-0.3, -0.25) is 0 Å². The van der Waals surface area contributed by atoms with E-state index in [0.717, 1.165) is 11.6 Å². The van der Waals surface area contributed by atoms with Crippen molar-refractivity contribution in [2.45, 2.75) is 18.8 Å². The van der Waals surface area contributed by atoms with Crippen LogP contribution in [0.25, 0.3) is 0 Å². The summed E-state index contributed by atoms with van der Waals surface area (Å²) in [6, 6.07) is 6.67. The first-order valence-corrected chi connectivity index (χ1v) is 8.39. The lowest BCUT2D eigenvalue weighted by atomic mass is 10.2. The minimum absolute atomic E-state index is 0.0963. The molecule has 8 heteroatoms. The number of halogens is 4. The highest BCUT2D eigenvalue weighted by atomic mass is 127. The van der Waals surface area contributed by atoms with Gasteiger partial charge in [0.15, 0.2) is 0 Å². The van der Waals surface area contributed by atoms with Crippen molar-refractivity contribution in [2.24, 2.45) is 0 Å². The molecular formula is C15H14BrF2IO4. The van der Waals surface area contributed by atoms with E-state index in [4.69, 9.17) is 4.74 Å². The van der Waals surface area contributed by atoms with E-state index < -0.39 is 17.9 Å². The van der Waals surface area contributed by atoms with Gasteiger partial charge in [0, 0.05) is 10.5 Å². The summed E-state index contributed by atoms with van der Waals surface area (Å²) >= 11 is 4.98. The maximum atomic E-state index is 13.3. The molecule has 0 bridgehead atoms. The van der Waals surface area contributed by atoms with Crippen molar-refractivity contribution in [1.82, 2.24) is 0 Å². The van der Waals surface area contributed by atoms with Crippen molar-refractivity contribution in [2.75, 3.05) is 13.7 Å². The zero-order valence-electron chi connectivity index (χ0n) is 12.2. The van der Waals surface area contributed by atoms with E-state index >= 15 is 0 Å². The van der Waals surface area contributed by atoms with E-state index in [9.17, 15) is 18.4 Å². The lowest BCUT2D eigenvalue weighted by molar-refractivity contribution is -0.161. The first kappa shape index (κ1) is 20.0. The normalized spacial score (nSPS) is 12.0. The van der Waals surface area contributed by atoms with Gasteiger partial charge < -0.3 is 9.47 Å². The maximum Gasteiger partial charge on any atom is 0.381 e. The minimum Gasteiger partial charge on any atom is -0.464 e. The summed E-state index contributed by atoms with van der Waals surface area (Å²) in [4.78, 5) is 22.6. The number of hydrogen-bond acceptors (Lipinski definition) is 4. The van der Waals surface area contributed by atoms with Gasteiger partial charge in [0.1, 0.15) is 0 Å². The summed E-state index contributed by atoms with van der Waals surface area (Å²) in [5.74, 6) is -5.73. The number of methoxy groups -OCH3 is 1. The highest BCUT2D eigenvalue weighted by Crippen LogP contribution is 2.24. The van der Waals surface area contributed by atoms with Crippen LogP contribution in [0.3, 0.4) is 0 Å². The van der Waals surface area contributed by atoms with Crippen LogP contribution in [0.2, 0.25) is 0 Å². The molecule has 0 aliphatic rings. The molecule has 0 fully saturated rings. The molecule has 1 aromatic carbocycles. The average Bonchev–Trinajstić information content (AvgIpc) is 2.50. The number of rotatable bonds is 7. The average molecular weight is 503 g/mol. The number of carbonyl (C=O) groups is 2. The van der Waals surface area contributed by atoms with Gasteiger partial charge >= 0.3 is 17.9 Å². The Balaban J connectivity index is 2.40. The van der Waals surface area contributed by atoms with E-state index in [-0.39, 0.29) is 16.6 Å². The Hall–Kier alpha value is -1.03. The smallest absolute Gasteiger partial charge is 0.381 e. The van der Waals surface area contributed by atoms with Crippen molar-refractivity contribution in [3.8, 4) is 0 Å². The summed E-state index contributed by atoms with van der Waals surface area (Å²) in [6.07, 6.45) is 1.19. The zero-order valence-corrected chi connectivity index (χ0v) is 15.9. The van der Waals surface area contributed by atoms with Gasteiger partial charge in [0.2, 0.25) is 0 Å². The Morgan fingerprint density at radius 3 is 2.48 bits per heavy atom. The summed E-state index contributed by atoms with van der Waals surface area (Å²) in [5, 5.41) is 0. The molecule has 1 rings (SSSR count). The molecular weight excluding hydrogens is 489 g/mol. The van der Waals surface area contributed by atoms with Crippen LogP contribution in [-0.4, -0.2) is 31.6 Å². The molecule has 1 aromatic rings. The van der Waals surface area contributed by atoms with E-state index in [0.29, 0.717) is 18.1 Å². The molecule has 0 aliphatic heterocycles. The van der Waals surface area contributed by atoms with Crippen LogP contribution >= 0.6 is 38.5 Å². The number of hydrogen-bond donors (Lipinski definition) is 0. The molecule has 0 saturated heterocycles. The fraction of sp³-hybridized carbons (Fsp3) is 0.333.